The van der Waals surface area contributed by atoms with Gasteiger partial charge < -0.3 is 4.74 Å². The second-order valence-corrected chi connectivity index (χ2v) is 13.1. The van der Waals surface area contributed by atoms with Gasteiger partial charge >= 0.3 is 0 Å². The van der Waals surface area contributed by atoms with Gasteiger partial charge in [0.25, 0.3) is 0 Å². The van der Waals surface area contributed by atoms with Gasteiger partial charge in [-0.1, -0.05) is 103 Å². The monoisotopic (exact) mass is 480 g/mol. The van der Waals surface area contributed by atoms with Crippen molar-refractivity contribution in [3.8, 4) is 22.3 Å². The Kier molecular flexibility index (Phi) is 6.44. The summed E-state index contributed by atoms with van der Waals surface area (Å²) in [5.41, 5.74) is 15.1. The molecule has 0 aliphatic heterocycles. The maximum Gasteiger partial charge on any atom is 0.0861 e. The summed E-state index contributed by atoms with van der Waals surface area (Å²) < 4.78 is 6.30. The Morgan fingerprint density at radius 2 is 1.17 bits per heavy atom. The largest absolute Gasteiger partial charge is 0.376 e. The third kappa shape index (κ3) is 4.24. The smallest absolute Gasteiger partial charge is 0.0861 e. The Bertz CT molecular complexity index is 1250. The Morgan fingerprint density at radius 1 is 0.694 bits per heavy atom. The first-order valence-corrected chi connectivity index (χ1v) is 14.0. The number of ether oxygens (including phenoxy) is 1. The Labute approximate surface area is 219 Å². The van der Waals surface area contributed by atoms with Gasteiger partial charge in [-0.15, -0.1) is 0 Å². The quantitative estimate of drug-likeness (QED) is 0.361. The highest BCUT2D eigenvalue weighted by molar-refractivity contribution is 5.86. The van der Waals surface area contributed by atoms with Gasteiger partial charge in [-0.05, 0) is 98.1 Å². The molecule has 2 aliphatic carbocycles. The molecule has 0 bridgehead atoms. The molecule has 0 N–H and O–H groups in total. The molecule has 0 heterocycles. The molecule has 0 amide bonds. The topological polar surface area (TPSA) is 9.23 Å². The van der Waals surface area contributed by atoms with Crippen molar-refractivity contribution >= 4 is 0 Å². The highest BCUT2D eigenvalue weighted by atomic mass is 16.5. The van der Waals surface area contributed by atoms with E-state index in [0.717, 1.165) is 12.8 Å². The first kappa shape index (κ1) is 25.3. The van der Waals surface area contributed by atoms with Crippen LogP contribution < -0.4 is 0 Å². The van der Waals surface area contributed by atoms with Crippen LogP contribution in [0.25, 0.3) is 22.3 Å². The SMILES string of the molecule is CCC1Cc2c(-c3ccc(C(C)(C)C)cc3)c3c(c(-c4ccc(C(C)(C)C)cc4)c2C1OC)CCC3. The minimum absolute atomic E-state index is 0.161. The van der Waals surface area contributed by atoms with E-state index in [4.69, 9.17) is 4.74 Å². The molecule has 0 aromatic heterocycles. The molecule has 0 radical (unpaired) electrons. The van der Waals surface area contributed by atoms with Gasteiger partial charge in [0.15, 0.2) is 0 Å². The average Bonchev–Trinajstić information content (AvgIpc) is 3.46. The molecule has 5 rings (SSSR count). The first-order chi connectivity index (χ1) is 17.0. The molecule has 0 saturated carbocycles. The first-order valence-electron chi connectivity index (χ1n) is 14.0. The number of methoxy groups -OCH3 is 1. The van der Waals surface area contributed by atoms with Gasteiger partial charge in [0.05, 0.1) is 6.10 Å². The molecular formula is C35H44O. The van der Waals surface area contributed by atoms with E-state index in [2.05, 4.69) is 97.0 Å². The van der Waals surface area contributed by atoms with Crippen LogP contribution in [0, 0.1) is 5.92 Å². The van der Waals surface area contributed by atoms with Crippen LogP contribution in [-0.4, -0.2) is 7.11 Å². The summed E-state index contributed by atoms with van der Waals surface area (Å²) in [6, 6.07) is 18.9. The van der Waals surface area contributed by atoms with Crippen LogP contribution in [0.15, 0.2) is 48.5 Å². The van der Waals surface area contributed by atoms with Gasteiger partial charge in [0.2, 0.25) is 0 Å². The fraction of sp³-hybridized carbons (Fsp3) is 0.486. The van der Waals surface area contributed by atoms with E-state index in [1.165, 1.54) is 58.2 Å². The number of hydrogen-bond donors (Lipinski definition) is 0. The van der Waals surface area contributed by atoms with Crippen LogP contribution in [-0.2, 0) is 34.8 Å². The molecule has 2 unspecified atom stereocenters. The molecule has 0 fully saturated rings. The summed E-state index contributed by atoms with van der Waals surface area (Å²) in [6.07, 6.45) is 6.01. The molecule has 1 heteroatoms. The van der Waals surface area contributed by atoms with E-state index >= 15 is 0 Å². The van der Waals surface area contributed by atoms with Crippen molar-refractivity contribution in [2.24, 2.45) is 5.92 Å². The minimum Gasteiger partial charge on any atom is -0.376 e. The van der Waals surface area contributed by atoms with Crippen LogP contribution in [0.1, 0.15) is 101 Å². The van der Waals surface area contributed by atoms with Gasteiger partial charge in [-0.3, -0.25) is 0 Å². The van der Waals surface area contributed by atoms with E-state index < -0.39 is 0 Å². The summed E-state index contributed by atoms with van der Waals surface area (Å²) in [5, 5.41) is 0. The molecule has 1 nitrogen and oxygen atoms in total. The van der Waals surface area contributed by atoms with Gasteiger partial charge in [-0.2, -0.15) is 0 Å². The minimum atomic E-state index is 0.161. The maximum atomic E-state index is 6.30. The summed E-state index contributed by atoms with van der Waals surface area (Å²) >= 11 is 0. The molecule has 3 aromatic rings. The third-order valence-corrected chi connectivity index (χ3v) is 8.75. The van der Waals surface area contributed by atoms with Crippen LogP contribution in [0.2, 0.25) is 0 Å². The molecular weight excluding hydrogens is 436 g/mol. The van der Waals surface area contributed by atoms with Gasteiger partial charge in [-0.25, -0.2) is 0 Å². The van der Waals surface area contributed by atoms with E-state index in [1.807, 2.05) is 7.11 Å². The lowest BCUT2D eigenvalue weighted by molar-refractivity contribution is 0.0615. The van der Waals surface area contributed by atoms with Crippen molar-refractivity contribution in [1.82, 2.24) is 0 Å². The Balaban J connectivity index is 1.75. The number of fused-ring (bicyclic) bond motifs is 2. The van der Waals surface area contributed by atoms with Crippen molar-refractivity contribution in [2.45, 2.75) is 97.5 Å². The predicted octanol–water partition coefficient (Wildman–Crippen LogP) is 9.37. The highest BCUT2D eigenvalue weighted by Crippen LogP contribution is 2.53. The zero-order valence-electron chi connectivity index (χ0n) is 23.7. The molecule has 2 atom stereocenters. The molecule has 190 valence electrons. The van der Waals surface area contributed by atoms with E-state index in [1.54, 1.807) is 16.7 Å². The molecule has 3 aromatic carbocycles. The lowest BCUT2D eigenvalue weighted by atomic mass is 9.81. The fourth-order valence-corrected chi connectivity index (χ4v) is 6.68. The van der Waals surface area contributed by atoms with Gasteiger partial charge in [0.1, 0.15) is 0 Å². The average molecular weight is 481 g/mol. The predicted molar refractivity (Wildman–Crippen MR) is 154 cm³/mol. The van der Waals surface area contributed by atoms with Crippen molar-refractivity contribution in [3.63, 3.8) is 0 Å². The highest BCUT2D eigenvalue weighted by Gasteiger charge is 2.39. The van der Waals surface area contributed by atoms with Crippen LogP contribution in [0.3, 0.4) is 0 Å². The normalized spacial score (nSPS) is 19.4. The molecule has 2 aliphatic rings. The number of benzene rings is 3. The van der Waals surface area contributed by atoms with Crippen LogP contribution in [0.4, 0.5) is 0 Å². The lowest BCUT2D eigenvalue weighted by Crippen LogP contribution is -2.11. The zero-order valence-corrected chi connectivity index (χ0v) is 23.7. The Morgan fingerprint density at radius 3 is 1.61 bits per heavy atom. The molecule has 0 spiro atoms. The van der Waals surface area contributed by atoms with Crippen molar-refractivity contribution in [3.05, 3.63) is 81.9 Å². The lowest BCUT2D eigenvalue weighted by Gasteiger charge is -2.25. The maximum absolute atomic E-state index is 6.30. The summed E-state index contributed by atoms with van der Waals surface area (Å²) in [4.78, 5) is 0. The third-order valence-electron chi connectivity index (χ3n) is 8.75. The van der Waals surface area contributed by atoms with E-state index in [9.17, 15) is 0 Å². The Hall–Kier alpha value is -2.38. The number of hydrogen-bond acceptors (Lipinski definition) is 1. The standard InChI is InChI=1S/C35H44O/c1-9-22-21-29-30(23-13-17-25(18-14-23)34(2,3)4)27-11-10-12-28(27)31(32(29)33(22)36-8)24-15-19-26(20-16-24)35(5,6)7/h13-20,22,33H,9-12,21H2,1-8H3. The molecule has 0 saturated heterocycles. The summed E-state index contributed by atoms with van der Waals surface area (Å²) in [7, 11) is 1.92. The molecule has 36 heavy (non-hydrogen) atoms. The van der Waals surface area contributed by atoms with Gasteiger partial charge in [0, 0.05) is 7.11 Å². The second kappa shape index (κ2) is 9.18. The summed E-state index contributed by atoms with van der Waals surface area (Å²) in [5.74, 6) is 0.535. The number of rotatable bonds is 4. The zero-order chi connectivity index (χ0) is 25.8. The van der Waals surface area contributed by atoms with Crippen molar-refractivity contribution in [2.75, 3.05) is 7.11 Å². The second-order valence-electron chi connectivity index (χ2n) is 13.1. The van der Waals surface area contributed by atoms with Crippen LogP contribution >= 0.6 is 0 Å². The van der Waals surface area contributed by atoms with E-state index in [-0.39, 0.29) is 16.9 Å². The van der Waals surface area contributed by atoms with Crippen molar-refractivity contribution < 1.29 is 4.74 Å². The summed E-state index contributed by atoms with van der Waals surface area (Å²) in [6.45, 7) is 16.1. The fourth-order valence-electron chi connectivity index (χ4n) is 6.68. The van der Waals surface area contributed by atoms with Crippen LogP contribution in [0.5, 0.6) is 0 Å². The van der Waals surface area contributed by atoms with E-state index in [0.29, 0.717) is 5.92 Å². The van der Waals surface area contributed by atoms with Crippen molar-refractivity contribution in [1.29, 1.82) is 0 Å².